The van der Waals surface area contributed by atoms with E-state index in [1.54, 1.807) is 49.4 Å². The first-order valence-corrected chi connectivity index (χ1v) is 8.99. The average molecular weight is 398 g/mol. The third kappa shape index (κ3) is 5.86. The molecule has 6 nitrogen and oxygen atoms in total. The standard InChI is InChI=1S/C21H20ClN3O3/c1-3-28-21(27)16-7-5-15(6-8-16)12-24-13-17(11-23)20(26)25-19-10-18(22)9-4-14(19)2/h4-10,13,24H,3,12H2,1-2H3,(H,25,26)/b17-13-. The summed E-state index contributed by atoms with van der Waals surface area (Å²) in [5.41, 5.74) is 2.67. The lowest BCUT2D eigenvalue weighted by atomic mass is 10.1. The van der Waals surface area contributed by atoms with Gasteiger partial charge in [0.05, 0.1) is 12.2 Å². The van der Waals surface area contributed by atoms with Crippen molar-refractivity contribution in [3.63, 3.8) is 0 Å². The molecule has 0 aliphatic carbocycles. The second-order valence-electron chi connectivity index (χ2n) is 5.88. The molecule has 0 unspecified atom stereocenters. The van der Waals surface area contributed by atoms with E-state index in [-0.39, 0.29) is 11.5 Å². The Labute approximate surface area is 168 Å². The molecule has 0 spiro atoms. The van der Waals surface area contributed by atoms with Crippen LogP contribution in [0.5, 0.6) is 0 Å². The van der Waals surface area contributed by atoms with Crippen LogP contribution in [0.15, 0.2) is 54.2 Å². The van der Waals surface area contributed by atoms with Gasteiger partial charge in [0.25, 0.3) is 5.91 Å². The number of rotatable bonds is 7. The van der Waals surface area contributed by atoms with Crippen molar-refractivity contribution in [3.05, 3.63) is 76.0 Å². The van der Waals surface area contributed by atoms with Gasteiger partial charge in [-0.25, -0.2) is 4.79 Å². The molecule has 0 saturated carbocycles. The molecule has 144 valence electrons. The number of nitrogens with one attached hydrogen (secondary N) is 2. The Hall–Kier alpha value is -3.30. The van der Waals surface area contributed by atoms with Crippen LogP contribution in [0.4, 0.5) is 5.69 Å². The first-order chi connectivity index (χ1) is 13.4. The molecule has 0 radical (unpaired) electrons. The minimum absolute atomic E-state index is 0.0671. The van der Waals surface area contributed by atoms with E-state index in [1.807, 2.05) is 13.0 Å². The number of nitrogens with zero attached hydrogens (tertiary/aromatic N) is 1. The van der Waals surface area contributed by atoms with Gasteiger partial charge in [0.15, 0.2) is 0 Å². The fraction of sp³-hybridized carbons (Fsp3) is 0.190. The molecule has 0 heterocycles. The number of nitriles is 1. The predicted molar refractivity (Wildman–Crippen MR) is 108 cm³/mol. The van der Waals surface area contributed by atoms with Gasteiger partial charge < -0.3 is 15.4 Å². The van der Waals surface area contributed by atoms with E-state index in [2.05, 4.69) is 10.6 Å². The van der Waals surface area contributed by atoms with Crippen LogP contribution in [-0.4, -0.2) is 18.5 Å². The first-order valence-electron chi connectivity index (χ1n) is 8.61. The maximum atomic E-state index is 12.3. The highest BCUT2D eigenvalue weighted by molar-refractivity contribution is 6.31. The third-order valence-corrected chi connectivity index (χ3v) is 4.07. The largest absolute Gasteiger partial charge is 0.462 e. The molecule has 2 aromatic carbocycles. The quantitative estimate of drug-likeness (QED) is 0.419. The van der Waals surface area contributed by atoms with Gasteiger partial charge in [-0.1, -0.05) is 29.8 Å². The summed E-state index contributed by atoms with van der Waals surface area (Å²) in [5.74, 6) is -0.903. The van der Waals surface area contributed by atoms with Crippen molar-refractivity contribution in [2.75, 3.05) is 11.9 Å². The van der Waals surface area contributed by atoms with Gasteiger partial charge in [0.1, 0.15) is 11.6 Å². The number of carbonyl (C=O) groups is 2. The molecule has 1 amide bonds. The van der Waals surface area contributed by atoms with Crippen LogP contribution in [0.2, 0.25) is 5.02 Å². The summed E-state index contributed by atoms with van der Waals surface area (Å²) in [6.45, 7) is 4.29. The number of halogens is 1. The summed E-state index contributed by atoms with van der Waals surface area (Å²) in [5, 5.41) is 15.3. The minimum atomic E-state index is -0.530. The highest BCUT2D eigenvalue weighted by Crippen LogP contribution is 2.20. The van der Waals surface area contributed by atoms with E-state index in [4.69, 9.17) is 16.3 Å². The number of aryl methyl sites for hydroxylation is 1. The van der Waals surface area contributed by atoms with Gasteiger partial charge in [0.2, 0.25) is 0 Å². The smallest absolute Gasteiger partial charge is 0.338 e. The molecule has 2 rings (SSSR count). The molecule has 0 aliphatic rings. The Balaban J connectivity index is 1.97. The molecule has 2 aromatic rings. The number of benzene rings is 2. The lowest BCUT2D eigenvalue weighted by Gasteiger charge is -2.09. The Morgan fingerprint density at radius 2 is 1.93 bits per heavy atom. The number of carbonyl (C=O) groups excluding carboxylic acids is 2. The SMILES string of the molecule is CCOC(=O)c1ccc(CN/C=C(/C#N)C(=O)Nc2cc(Cl)ccc2C)cc1. The van der Waals surface area contributed by atoms with E-state index in [9.17, 15) is 14.9 Å². The predicted octanol–water partition coefficient (Wildman–Crippen LogP) is 3.96. The van der Waals surface area contributed by atoms with Crippen molar-refractivity contribution < 1.29 is 14.3 Å². The topological polar surface area (TPSA) is 91.2 Å². The van der Waals surface area contributed by atoms with Gasteiger partial charge in [-0.15, -0.1) is 0 Å². The van der Waals surface area contributed by atoms with E-state index >= 15 is 0 Å². The molecule has 2 N–H and O–H groups in total. The lowest BCUT2D eigenvalue weighted by molar-refractivity contribution is -0.112. The van der Waals surface area contributed by atoms with E-state index in [0.29, 0.717) is 29.4 Å². The summed E-state index contributed by atoms with van der Waals surface area (Å²) in [6, 6.07) is 13.9. The molecule has 28 heavy (non-hydrogen) atoms. The Kier molecular flexibility index (Phi) is 7.61. The Bertz CT molecular complexity index is 931. The van der Waals surface area contributed by atoms with Gasteiger partial charge >= 0.3 is 5.97 Å². The summed E-state index contributed by atoms with van der Waals surface area (Å²) in [4.78, 5) is 23.9. The van der Waals surface area contributed by atoms with Crippen molar-refractivity contribution in [1.29, 1.82) is 5.26 Å². The van der Waals surface area contributed by atoms with Crippen LogP contribution in [0.25, 0.3) is 0 Å². The third-order valence-electron chi connectivity index (χ3n) is 3.83. The molecular formula is C21H20ClN3O3. The monoisotopic (exact) mass is 397 g/mol. The maximum Gasteiger partial charge on any atom is 0.338 e. The molecule has 0 atom stereocenters. The average Bonchev–Trinajstić information content (AvgIpc) is 2.68. The highest BCUT2D eigenvalue weighted by Gasteiger charge is 2.11. The molecule has 0 aromatic heterocycles. The van der Waals surface area contributed by atoms with Gasteiger partial charge in [-0.2, -0.15) is 5.26 Å². The number of anilines is 1. The summed E-state index contributed by atoms with van der Waals surface area (Å²) in [6.07, 6.45) is 1.36. The Morgan fingerprint density at radius 3 is 2.57 bits per heavy atom. The summed E-state index contributed by atoms with van der Waals surface area (Å²) >= 11 is 5.94. The molecule has 0 aliphatic heterocycles. The first kappa shape index (κ1) is 21.0. The van der Waals surface area contributed by atoms with Crippen LogP contribution >= 0.6 is 11.6 Å². The summed E-state index contributed by atoms with van der Waals surface area (Å²) < 4.78 is 4.93. The number of esters is 1. The summed E-state index contributed by atoms with van der Waals surface area (Å²) in [7, 11) is 0. The molecule has 0 saturated heterocycles. The fourth-order valence-electron chi connectivity index (χ4n) is 2.31. The van der Waals surface area contributed by atoms with Gasteiger partial charge in [-0.3, -0.25) is 4.79 Å². The number of ether oxygens (including phenoxy) is 1. The molecule has 7 heteroatoms. The fourth-order valence-corrected chi connectivity index (χ4v) is 2.48. The van der Waals surface area contributed by atoms with Crippen molar-refractivity contribution in [1.82, 2.24) is 5.32 Å². The molecule has 0 fully saturated rings. The zero-order valence-corrected chi connectivity index (χ0v) is 16.3. The van der Waals surface area contributed by atoms with Crippen molar-refractivity contribution in [2.24, 2.45) is 0 Å². The highest BCUT2D eigenvalue weighted by atomic mass is 35.5. The number of hydrogen-bond acceptors (Lipinski definition) is 5. The Morgan fingerprint density at radius 1 is 1.21 bits per heavy atom. The van der Waals surface area contributed by atoms with E-state index in [1.165, 1.54) is 6.20 Å². The second kappa shape index (κ2) is 10.1. The number of amides is 1. The minimum Gasteiger partial charge on any atom is -0.462 e. The molecular weight excluding hydrogens is 378 g/mol. The maximum absolute atomic E-state index is 12.3. The van der Waals surface area contributed by atoms with Crippen LogP contribution in [0.1, 0.15) is 28.4 Å². The van der Waals surface area contributed by atoms with Crippen molar-refractivity contribution in [2.45, 2.75) is 20.4 Å². The van der Waals surface area contributed by atoms with Gasteiger partial charge in [-0.05, 0) is 49.2 Å². The van der Waals surface area contributed by atoms with E-state index < -0.39 is 5.91 Å². The van der Waals surface area contributed by atoms with Crippen LogP contribution in [-0.2, 0) is 16.1 Å². The normalized spacial score (nSPS) is 10.7. The lowest BCUT2D eigenvalue weighted by Crippen LogP contribution is -2.17. The van der Waals surface area contributed by atoms with Crippen molar-refractivity contribution >= 4 is 29.2 Å². The molecule has 0 bridgehead atoms. The van der Waals surface area contributed by atoms with Crippen molar-refractivity contribution in [3.8, 4) is 6.07 Å². The van der Waals surface area contributed by atoms with Crippen LogP contribution < -0.4 is 10.6 Å². The van der Waals surface area contributed by atoms with Crippen LogP contribution in [0.3, 0.4) is 0 Å². The van der Waals surface area contributed by atoms with Crippen LogP contribution in [0, 0.1) is 18.3 Å². The zero-order chi connectivity index (χ0) is 20.5. The second-order valence-corrected chi connectivity index (χ2v) is 6.32. The van der Waals surface area contributed by atoms with E-state index in [0.717, 1.165) is 11.1 Å². The number of hydrogen-bond donors (Lipinski definition) is 2. The van der Waals surface area contributed by atoms with Gasteiger partial charge in [0, 0.05) is 23.5 Å². The zero-order valence-electron chi connectivity index (χ0n) is 15.6.